The summed E-state index contributed by atoms with van der Waals surface area (Å²) >= 11 is 0. The van der Waals surface area contributed by atoms with Crippen molar-refractivity contribution in [3.63, 3.8) is 0 Å². The summed E-state index contributed by atoms with van der Waals surface area (Å²) in [5.41, 5.74) is 3.00. The Balaban J connectivity index is 1.55. The number of piperazine rings is 1. The molecule has 2 aromatic carbocycles. The van der Waals surface area contributed by atoms with Gasteiger partial charge in [-0.3, -0.25) is 9.69 Å². The van der Waals surface area contributed by atoms with E-state index in [-0.39, 0.29) is 11.7 Å². The Kier molecular flexibility index (Phi) is 5.46. The van der Waals surface area contributed by atoms with Crippen molar-refractivity contribution in [1.82, 2.24) is 9.80 Å². The molecule has 1 saturated heterocycles. The first-order valence-corrected chi connectivity index (χ1v) is 8.54. The molecule has 1 atom stereocenters. The lowest BCUT2D eigenvalue weighted by atomic mass is 10.1. The fourth-order valence-corrected chi connectivity index (χ4v) is 3.12. The Hall–Kier alpha value is -2.24. The second-order valence-electron chi connectivity index (χ2n) is 6.48. The van der Waals surface area contributed by atoms with Crippen LogP contribution in [0.15, 0.2) is 48.5 Å². The summed E-state index contributed by atoms with van der Waals surface area (Å²) < 4.78 is 13.0. The van der Waals surface area contributed by atoms with Crippen molar-refractivity contribution in [2.75, 3.05) is 26.2 Å². The van der Waals surface area contributed by atoms with Gasteiger partial charge in [0.1, 0.15) is 5.82 Å². The molecule has 132 valence electrons. The van der Waals surface area contributed by atoms with E-state index in [1.54, 1.807) is 4.90 Å². The predicted molar refractivity (Wildman–Crippen MR) is 94.4 cm³/mol. The van der Waals surface area contributed by atoms with Gasteiger partial charge >= 0.3 is 0 Å². The van der Waals surface area contributed by atoms with Crippen LogP contribution in [-0.2, 0) is 11.3 Å². The van der Waals surface area contributed by atoms with Gasteiger partial charge in [-0.15, -0.1) is 0 Å². The van der Waals surface area contributed by atoms with Crippen LogP contribution < -0.4 is 0 Å². The van der Waals surface area contributed by atoms with Gasteiger partial charge in [-0.25, -0.2) is 4.39 Å². The molecular formula is C20H23FN2O2. The highest BCUT2D eigenvalue weighted by Crippen LogP contribution is 2.18. The molecule has 1 N–H and O–H groups in total. The second kappa shape index (κ2) is 7.76. The van der Waals surface area contributed by atoms with Crippen LogP contribution in [0.4, 0.5) is 4.39 Å². The highest BCUT2D eigenvalue weighted by Gasteiger charge is 2.27. The van der Waals surface area contributed by atoms with Crippen molar-refractivity contribution in [3.05, 3.63) is 71.0 Å². The first kappa shape index (κ1) is 17.6. The first-order chi connectivity index (χ1) is 12.0. The number of hydrogen-bond donors (Lipinski definition) is 1. The van der Waals surface area contributed by atoms with E-state index in [9.17, 15) is 14.3 Å². The summed E-state index contributed by atoms with van der Waals surface area (Å²) in [6, 6.07) is 13.7. The number of benzene rings is 2. The van der Waals surface area contributed by atoms with E-state index in [2.05, 4.69) is 24.0 Å². The number of halogens is 1. The minimum atomic E-state index is -1.23. The maximum Gasteiger partial charge on any atom is 0.256 e. The van der Waals surface area contributed by atoms with Gasteiger partial charge in [-0.1, -0.05) is 36.4 Å². The van der Waals surface area contributed by atoms with Gasteiger partial charge in [0.2, 0.25) is 0 Å². The van der Waals surface area contributed by atoms with Crippen LogP contribution in [0.2, 0.25) is 0 Å². The largest absolute Gasteiger partial charge is 0.378 e. The molecule has 0 saturated carbocycles. The zero-order chi connectivity index (χ0) is 17.8. The van der Waals surface area contributed by atoms with Crippen LogP contribution in [0.5, 0.6) is 0 Å². The molecule has 1 fully saturated rings. The third-order valence-electron chi connectivity index (χ3n) is 4.76. The number of nitrogens with zero attached hydrogens (tertiary/aromatic N) is 2. The predicted octanol–water partition coefficient (Wildman–Crippen LogP) is 2.51. The molecule has 5 heteroatoms. The van der Waals surface area contributed by atoms with Gasteiger partial charge in [-0.2, -0.15) is 0 Å². The Morgan fingerprint density at radius 1 is 1.08 bits per heavy atom. The van der Waals surface area contributed by atoms with Crippen LogP contribution in [0.3, 0.4) is 0 Å². The molecule has 4 nitrogen and oxygen atoms in total. The zero-order valence-electron chi connectivity index (χ0n) is 14.4. The molecular weight excluding hydrogens is 319 g/mol. The smallest absolute Gasteiger partial charge is 0.256 e. The van der Waals surface area contributed by atoms with Crippen molar-refractivity contribution in [2.45, 2.75) is 19.6 Å². The molecule has 1 aliphatic heterocycles. The number of carbonyl (C=O) groups is 1. The molecule has 0 spiro atoms. The number of hydrogen-bond acceptors (Lipinski definition) is 3. The molecule has 25 heavy (non-hydrogen) atoms. The summed E-state index contributed by atoms with van der Waals surface area (Å²) in [6.45, 7) is 5.70. The van der Waals surface area contributed by atoms with Crippen LogP contribution in [0.25, 0.3) is 0 Å². The van der Waals surface area contributed by atoms with E-state index in [4.69, 9.17) is 0 Å². The number of carbonyl (C=O) groups excluding carboxylic acids is 1. The van der Waals surface area contributed by atoms with Crippen molar-refractivity contribution in [1.29, 1.82) is 0 Å². The molecule has 0 aliphatic carbocycles. The van der Waals surface area contributed by atoms with Gasteiger partial charge in [0, 0.05) is 32.7 Å². The third kappa shape index (κ3) is 4.24. The van der Waals surface area contributed by atoms with E-state index in [1.165, 1.54) is 35.4 Å². The van der Waals surface area contributed by atoms with Crippen LogP contribution in [-0.4, -0.2) is 47.0 Å². The Bertz CT molecular complexity index is 725. The molecule has 1 aliphatic rings. The quantitative estimate of drug-likeness (QED) is 0.928. The Morgan fingerprint density at radius 2 is 1.72 bits per heavy atom. The molecule has 1 unspecified atom stereocenters. The SMILES string of the molecule is Cc1ccccc1CN1CCN(C(=O)C(O)c2ccc(F)cc2)CC1. The highest BCUT2D eigenvalue weighted by atomic mass is 19.1. The number of aryl methyl sites for hydroxylation is 1. The van der Waals surface area contributed by atoms with E-state index in [1.807, 2.05) is 12.1 Å². The average Bonchev–Trinajstić information content (AvgIpc) is 2.64. The van der Waals surface area contributed by atoms with Gasteiger partial charge < -0.3 is 10.0 Å². The summed E-state index contributed by atoms with van der Waals surface area (Å²) in [6.07, 6.45) is -1.23. The van der Waals surface area contributed by atoms with E-state index in [0.717, 1.165) is 19.6 Å². The van der Waals surface area contributed by atoms with Gasteiger partial charge in [0.25, 0.3) is 5.91 Å². The first-order valence-electron chi connectivity index (χ1n) is 8.54. The number of aliphatic hydroxyl groups excluding tert-OH is 1. The molecule has 0 aromatic heterocycles. The molecule has 0 radical (unpaired) electrons. The lowest BCUT2D eigenvalue weighted by molar-refractivity contribution is -0.142. The van der Waals surface area contributed by atoms with Gasteiger partial charge in [0.05, 0.1) is 0 Å². The van der Waals surface area contributed by atoms with Crippen molar-refractivity contribution < 1.29 is 14.3 Å². The second-order valence-corrected chi connectivity index (χ2v) is 6.48. The van der Waals surface area contributed by atoms with Crippen LogP contribution in [0, 0.1) is 12.7 Å². The third-order valence-corrected chi connectivity index (χ3v) is 4.76. The molecule has 0 bridgehead atoms. The maximum absolute atomic E-state index is 13.0. The zero-order valence-corrected chi connectivity index (χ0v) is 14.4. The molecule has 1 amide bonds. The van der Waals surface area contributed by atoms with Crippen LogP contribution in [0.1, 0.15) is 22.8 Å². The van der Waals surface area contributed by atoms with Crippen molar-refractivity contribution in [3.8, 4) is 0 Å². The van der Waals surface area contributed by atoms with Gasteiger partial charge in [0.15, 0.2) is 6.10 Å². The Labute approximate surface area is 147 Å². The fraction of sp³-hybridized carbons (Fsp3) is 0.350. The van der Waals surface area contributed by atoms with Gasteiger partial charge in [-0.05, 0) is 35.7 Å². The molecule has 2 aromatic rings. The van der Waals surface area contributed by atoms with Crippen molar-refractivity contribution >= 4 is 5.91 Å². The number of rotatable bonds is 4. The molecule has 3 rings (SSSR count). The van der Waals surface area contributed by atoms with E-state index in [0.29, 0.717) is 18.7 Å². The van der Waals surface area contributed by atoms with E-state index >= 15 is 0 Å². The topological polar surface area (TPSA) is 43.8 Å². The fourth-order valence-electron chi connectivity index (χ4n) is 3.12. The molecule has 1 heterocycles. The minimum absolute atomic E-state index is 0.317. The lowest BCUT2D eigenvalue weighted by Crippen LogP contribution is -2.49. The highest BCUT2D eigenvalue weighted by molar-refractivity contribution is 5.82. The minimum Gasteiger partial charge on any atom is -0.378 e. The number of aliphatic hydroxyl groups is 1. The lowest BCUT2D eigenvalue weighted by Gasteiger charge is -2.36. The maximum atomic E-state index is 13.0. The average molecular weight is 342 g/mol. The summed E-state index contributed by atoms with van der Waals surface area (Å²) in [5.74, 6) is -0.699. The van der Waals surface area contributed by atoms with Crippen LogP contribution >= 0.6 is 0 Å². The Morgan fingerprint density at radius 3 is 2.36 bits per heavy atom. The number of amides is 1. The van der Waals surface area contributed by atoms with E-state index < -0.39 is 6.10 Å². The van der Waals surface area contributed by atoms with Crippen molar-refractivity contribution in [2.24, 2.45) is 0 Å². The standard InChI is InChI=1S/C20H23FN2O2/c1-15-4-2-3-5-17(15)14-22-10-12-23(13-11-22)20(25)19(24)16-6-8-18(21)9-7-16/h2-9,19,24H,10-14H2,1H3. The summed E-state index contributed by atoms with van der Waals surface area (Å²) in [4.78, 5) is 16.5. The normalized spacial score (nSPS) is 16.7. The monoisotopic (exact) mass is 342 g/mol. The summed E-state index contributed by atoms with van der Waals surface area (Å²) in [7, 11) is 0. The summed E-state index contributed by atoms with van der Waals surface area (Å²) in [5, 5.41) is 10.2.